The highest BCUT2D eigenvalue weighted by molar-refractivity contribution is 7.13. The van der Waals surface area contributed by atoms with E-state index in [2.05, 4.69) is 49.3 Å². The molecule has 0 N–H and O–H groups in total. The van der Waals surface area contributed by atoms with E-state index in [1.165, 1.54) is 10.4 Å². The molecule has 0 aliphatic carbocycles. The summed E-state index contributed by atoms with van der Waals surface area (Å²) in [5.41, 5.74) is 2.58. The average molecular weight is 217 g/mol. The van der Waals surface area contributed by atoms with E-state index in [1.54, 1.807) is 11.3 Å². The molecular weight excluding hydrogens is 202 g/mol. The number of rotatable bonds is 1. The Balaban J connectivity index is 2.58. The molecule has 0 aliphatic heterocycles. The van der Waals surface area contributed by atoms with Crippen molar-refractivity contribution in [1.29, 1.82) is 0 Å². The second kappa shape index (κ2) is 3.78. The van der Waals surface area contributed by atoms with Gasteiger partial charge in [-0.2, -0.15) is 0 Å². The van der Waals surface area contributed by atoms with Crippen LogP contribution in [0.5, 0.6) is 0 Å². The lowest BCUT2D eigenvalue weighted by atomic mass is 9.85. The van der Waals surface area contributed by atoms with Crippen molar-refractivity contribution in [3.05, 3.63) is 41.4 Å². The SMILES string of the molecule is CC(C)(C)c1cccnc1-c1cccs1. The van der Waals surface area contributed by atoms with E-state index in [-0.39, 0.29) is 5.41 Å². The van der Waals surface area contributed by atoms with Crippen LogP contribution in [0, 0.1) is 0 Å². The van der Waals surface area contributed by atoms with Crippen LogP contribution in [0.15, 0.2) is 35.8 Å². The van der Waals surface area contributed by atoms with Gasteiger partial charge in [-0.05, 0) is 28.5 Å². The molecule has 0 bridgehead atoms. The predicted molar refractivity (Wildman–Crippen MR) is 66.3 cm³/mol. The third-order valence-corrected chi connectivity index (χ3v) is 3.25. The normalized spacial score (nSPS) is 11.7. The number of hydrogen-bond donors (Lipinski definition) is 0. The molecule has 0 aliphatic rings. The number of pyridine rings is 1. The number of aromatic nitrogens is 1. The molecule has 15 heavy (non-hydrogen) atoms. The Kier molecular flexibility index (Phi) is 2.61. The van der Waals surface area contributed by atoms with Crippen LogP contribution in [-0.4, -0.2) is 4.98 Å². The fraction of sp³-hybridized carbons (Fsp3) is 0.308. The molecule has 78 valence electrons. The van der Waals surface area contributed by atoms with Gasteiger partial charge in [-0.3, -0.25) is 4.98 Å². The Labute approximate surface area is 94.8 Å². The Bertz CT molecular complexity index is 438. The van der Waals surface area contributed by atoms with Crippen LogP contribution in [0.1, 0.15) is 26.3 Å². The highest BCUT2D eigenvalue weighted by Crippen LogP contribution is 2.33. The molecule has 2 heteroatoms. The van der Waals surface area contributed by atoms with Crippen molar-refractivity contribution in [2.24, 2.45) is 0 Å². The number of thiophene rings is 1. The van der Waals surface area contributed by atoms with Crippen LogP contribution in [-0.2, 0) is 5.41 Å². The first-order valence-electron chi connectivity index (χ1n) is 5.08. The lowest BCUT2D eigenvalue weighted by Gasteiger charge is -2.21. The Morgan fingerprint density at radius 2 is 1.93 bits per heavy atom. The summed E-state index contributed by atoms with van der Waals surface area (Å²) < 4.78 is 0. The van der Waals surface area contributed by atoms with Gasteiger partial charge in [0.05, 0.1) is 10.6 Å². The molecule has 0 amide bonds. The van der Waals surface area contributed by atoms with Gasteiger partial charge in [0, 0.05) is 6.20 Å². The summed E-state index contributed by atoms with van der Waals surface area (Å²) in [7, 11) is 0. The van der Waals surface area contributed by atoms with Gasteiger partial charge in [0.15, 0.2) is 0 Å². The van der Waals surface area contributed by atoms with E-state index in [9.17, 15) is 0 Å². The van der Waals surface area contributed by atoms with Gasteiger partial charge in [-0.1, -0.05) is 32.9 Å². The van der Waals surface area contributed by atoms with Gasteiger partial charge in [0.25, 0.3) is 0 Å². The second-order valence-electron chi connectivity index (χ2n) is 4.63. The van der Waals surface area contributed by atoms with Crippen LogP contribution in [0.3, 0.4) is 0 Å². The van der Waals surface area contributed by atoms with Crippen LogP contribution in [0.25, 0.3) is 10.6 Å². The maximum absolute atomic E-state index is 4.50. The van der Waals surface area contributed by atoms with E-state index >= 15 is 0 Å². The molecule has 2 heterocycles. The summed E-state index contributed by atoms with van der Waals surface area (Å²) in [4.78, 5) is 5.75. The smallest absolute Gasteiger partial charge is 0.0838 e. The molecule has 0 atom stereocenters. The van der Waals surface area contributed by atoms with Crippen molar-refractivity contribution in [3.63, 3.8) is 0 Å². The molecule has 1 nitrogen and oxygen atoms in total. The molecule has 0 saturated heterocycles. The predicted octanol–water partition coefficient (Wildman–Crippen LogP) is 4.11. The van der Waals surface area contributed by atoms with Crippen LogP contribution >= 0.6 is 11.3 Å². The van der Waals surface area contributed by atoms with E-state index in [0.717, 1.165) is 5.69 Å². The first-order chi connectivity index (χ1) is 7.09. The Morgan fingerprint density at radius 1 is 1.13 bits per heavy atom. The van der Waals surface area contributed by atoms with Gasteiger partial charge in [-0.25, -0.2) is 0 Å². The lowest BCUT2D eigenvalue weighted by Crippen LogP contribution is -2.13. The maximum Gasteiger partial charge on any atom is 0.0838 e. The van der Waals surface area contributed by atoms with Gasteiger partial charge < -0.3 is 0 Å². The molecule has 2 aromatic rings. The average Bonchev–Trinajstić information content (AvgIpc) is 2.69. The summed E-state index contributed by atoms with van der Waals surface area (Å²) in [5.74, 6) is 0. The molecule has 0 fully saturated rings. The first-order valence-corrected chi connectivity index (χ1v) is 5.96. The monoisotopic (exact) mass is 217 g/mol. The van der Waals surface area contributed by atoms with Crippen LogP contribution in [0.2, 0.25) is 0 Å². The zero-order valence-electron chi connectivity index (χ0n) is 9.32. The molecule has 0 radical (unpaired) electrons. The second-order valence-corrected chi connectivity index (χ2v) is 5.57. The van der Waals surface area contributed by atoms with E-state index in [4.69, 9.17) is 0 Å². The van der Waals surface area contributed by atoms with Crippen molar-refractivity contribution in [1.82, 2.24) is 4.98 Å². The van der Waals surface area contributed by atoms with Gasteiger partial charge in [0.1, 0.15) is 0 Å². The number of hydrogen-bond acceptors (Lipinski definition) is 2. The zero-order chi connectivity index (χ0) is 10.9. The van der Waals surface area contributed by atoms with Crippen molar-refractivity contribution in [3.8, 4) is 10.6 Å². The standard InChI is InChI=1S/C13H15NS/c1-13(2,3)10-6-4-8-14-12(10)11-7-5-9-15-11/h4-9H,1-3H3. The molecule has 0 saturated carbocycles. The van der Waals surface area contributed by atoms with E-state index in [1.807, 2.05) is 12.3 Å². The van der Waals surface area contributed by atoms with Crippen molar-refractivity contribution in [2.45, 2.75) is 26.2 Å². The Morgan fingerprint density at radius 3 is 2.53 bits per heavy atom. The van der Waals surface area contributed by atoms with Crippen LogP contribution in [0.4, 0.5) is 0 Å². The van der Waals surface area contributed by atoms with Crippen molar-refractivity contribution >= 4 is 11.3 Å². The van der Waals surface area contributed by atoms with E-state index in [0.29, 0.717) is 0 Å². The zero-order valence-corrected chi connectivity index (χ0v) is 10.1. The van der Waals surface area contributed by atoms with Gasteiger partial charge in [0.2, 0.25) is 0 Å². The maximum atomic E-state index is 4.50. The highest BCUT2D eigenvalue weighted by atomic mass is 32.1. The van der Waals surface area contributed by atoms with Crippen LogP contribution < -0.4 is 0 Å². The minimum Gasteiger partial charge on any atom is -0.255 e. The fourth-order valence-corrected chi connectivity index (χ4v) is 2.36. The summed E-state index contributed by atoms with van der Waals surface area (Å²) in [5, 5.41) is 2.09. The van der Waals surface area contributed by atoms with Crippen molar-refractivity contribution < 1.29 is 0 Å². The highest BCUT2D eigenvalue weighted by Gasteiger charge is 2.19. The fourth-order valence-electron chi connectivity index (χ4n) is 1.62. The molecule has 0 aromatic carbocycles. The lowest BCUT2D eigenvalue weighted by molar-refractivity contribution is 0.590. The molecule has 2 rings (SSSR count). The topological polar surface area (TPSA) is 12.9 Å². The van der Waals surface area contributed by atoms with E-state index < -0.39 is 0 Å². The summed E-state index contributed by atoms with van der Waals surface area (Å²) in [6.45, 7) is 6.67. The molecular formula is C13H15NS. The summed E-state index contributed by atoms with van der Waals surface area (Å²) >= 11 is 1.74. The summed E-state index contributed by atoms with van der Waals surface area (Å²) in [6.07, 6.45) is 1.87. The minimum absolute atomic E-state index is 0.146. The third kappa shape index (κ3) is 2.10. The molecule has 0 unspecified atom stereocenters. The number of nitrogens with zero attached hydrogens (tertiary/aromatic N) is 1. The Hall–Kier alpha value is -1.15. The quantitative estimate of drug-likeness (QED) is 0.700. The largest absolute Gasteiger partial charge is 0.255 e. The molecule has 2 aromatic heterocycles. The minimum atomic E-state index is 0.146. The van der Waals surface area contributed by atoms with Gasteiger partial charge >= 0.3 is 0 Å². The first kappa shape index (κ1) is 10.4. The van der Waals surface area contributed by atoms with Crippen molar-refractivity contribution in [2.75, 3.05) is 0 Å². The summed E-state index contributed by atoms with van der Waals surface area (Å²) in [6, 6.07) is 8.38. The van der Waals surface area contributed by atoms with Gasteiger partial charge in [-0.15, -0.1) is 11.3 Å². The third-order valence-electron chi connectivity index (χ3n) is 2.37. The molecule has 0 spiro atoms.